The van der Waals surface area contributed by atoms with Crippen LogP contribution >= 0.6 is 11.3 Å². The van der Waals surface area contributed by atoms with Gasteiger partial charge in [-0.15, -0.1) is 0 Å². The normalized spacial score (nSPS) is 15.2. The van der Waals surface area contributed by atoms with Gasteiger partial charge in [0.15, 0.2) is 5.78 Å². The van der Waals surface area contributed by atoms with Gasteiger partial charge in [-0.3, -0.25) is 14.2 Å². The first-order valence-corrected chi connectivity index (χ1v) is 11.7. The second-order valence-electron chi connectivity index (χ2n) is 8.28. The maximum absolute atomic E-state index is 13.6. The molecule has 0 atom stereocenters. The summed E-state index contributed by atoms with van der Waals surface area (Å²) in [6.07, 6.45) is 2.05. The molecule has 162 valence electrons. The lowest BCUT2D eigenvalue weighted by Crippen LogP contribution is -2.36. The van der Waals surface area contributed by atoms with Crippen LogP contribution < -0.4 is 10.9 Å². The number of carbonyl (C=O) groups is 1. The van der Waals surface area contributed by atoms with Crippen molar-refractivity contribution in [2.45, 2.75) is 18.9 Å². The number of hydrogen-bond donors (Lipinski definition) is 1. The van der Waals surface area contributed by atoms with E-state index in [0.717, 1.165) is 46.8 Å². The average Bonchev–Trinajstić information content (AvgIpc) is 3.18. The lowest BCUT2D eigenvalue weighted by atomic mass is 10.0. The number of fused-ring (bicyclic) bond motifs is 1. The minimum Gasteiger partial charge on any atom is -0.373 e. The van der Waals surface area contributed by atoms with Crippen LogP contribution in [0.2, 0.25) is 0 Å². The molecular formula is C26H25N3O2S. The number of anilines is 1. The number of nitrogens with zero attached hydrogens (tertiary/aromatic N) is 2. The number of benzene rings is 2. The van der Waals surface area contributed by atoms with E-state index in [9.17, 15) is 9.59 Å². The van der Waals surface area contributed by atoms with Gasteiger partial charge in [0.05, 0.1) is 11.3 Å². The van der Waals surface area contributed by atoms with E-state index in [4.69, 9.17) is 0 Å². The minimum atomic E-state index is -0.102. The minimum absolute atomic E-state index is 0.0226. The first-order chi connectivity index (χ1) is 15.6. The fraction of sp³-hybridized carbons (Fsp3) is 0.231. The molecule has 0 bridgehead atoms. The molecule has 1 saturated heterocycles. The molecule has 1 N–H and O–H groups in total. The van der Waals surface area contributed by atoms with E-state index >= 15 is 0 Å². The van der Waals surface area contributed by atoms with Gasteiger partial charge in [-0.05, 0) is 51.2 Å². The summed E-state index contributed by atoms with van der Waals surface area (Å²) in [6, 6.07) is 22.6. The van der Waals surface area contributed by atoms with Crippen LogP contribution in [-0.2, 0) is 0 Å². The highest BCUT2D eigenvalue weighted by Gasteiger charge is 2.25. The fourth-order valence-electron chi connectivity index (χ4n) is 4.30. The Morgan fingerprint density at radius 2 is 1.59 bits per heavy atom. The van der Waals surface area contributed by atoms with E-state index in [0.29, 0.717) is 17.2 Å². The van der Waals surface area contributed by atoms with Crippen molar-refractivity contribution in [1.29, 1.82) is 0 Å². The van der Waals surface area contributed by atoms with Crippen molar-refractivity contribution in [3.8, 4) is 5.69 Å². The highest BCUT2D eigenvalue weighted by molar-refractivity contribution is 7.23. The van der Waals surface area contributed by atoms with Gasteiger partial charge in [0.2, 0.25) is 0 Å². The zero-order chi connectivity index (χ0) is 22.1. The lowest BCUT2D eigenvalue weighted by molar-refractivity contribution is 0.104. The fourth-order valence-corrected chi connectivity index (χ4v) is 5.59. The van der Waals surface area contributed by atoms with Gasteiger partial charge in [0.1, 0.15) is 9.83 Å². The maximum Gasteiger partial charge on any atom is 0.256 e. The number of nitrogens with one attached hydrogen (secondary N) is 1. The Kier molecular flexibility index (Phi) is 5.64. The Morgan fingerprint density at radius 1 is 0.938 bits per heavy atom. The first-order valence-electron chi connectivity index (χ1n) is 10.9. The van der Waals surface area contributed by atoms with Gasteiger partial charge in [-0.25, -0.2) is 0 Å². The van der Waals surface area contributed by atoms with Crippen molar-refractivity contribution in [1.82, 2.24) is 9.47 Å². The summed E-state index contributed by atoms with van der Waals surface area (Å²) in [4.78, 5) is 29.6. The molecule has 5 rings (SSSR count). The number of pyridine rings is 1. The van der Waals surface area contributed by atoms with Gasteiger partial charge >= 0.3 is 0 Å². The van der Waals surface area contributed by atoms with Crippen LogP contribution in [0.25, 0.3) is 15.9 Å². The van der Waals surface area contributed by atoms with Gasteiger partial charge < -0.3 is 10.2 Å². The van der Waals surface area contributed by atoms with E-state index in [1.54, 1.807) is 16.7 Å². The second-order valence-corrected chi connectivity index (χ2v) is 9.28. The number of rotatable bonds is 5. The Bertz CT molecular complexity index is 1300. The molecule has 1 fully saturated rings. The van der Waals surface area contributed by atoms with E-state index in [-0.39, 0.29) is 11.3 Å². The molecule has 5 nitrogen and oxygen atoms in total. The van der Waals surface area contributed by atoms with Crippen molar-refractivity contribution in [3.63, 3.8) is 0 Å². The molecule has 1 aliphatic heterocycles. The van der Waals surface area contributed by atoms with E-state index in [1.165, 1.54) is 11.3 Å². The molecule has 0 aliphatic carbocycles. The molecule has 0 amide bonds. The van der Waals surface area contributed by atoms with Crippen LogP contribution in [0.4, 0.5) is 5.00 Å². The molecule has 0 spiro atoms. The van der Waals surface area contributed by atoms with E-state index in [2.05, 4.69) is 17.3 Å². The monoisotopic (exact) mass is 443 g/mol. The third-order valence-corrected chi connectivity index (χ3v) is 7.19. The number of piperidine rings is 1. The summed E-state index contributed by atoms with van der Waals surface area (Å²) in [5.41, 5.74) is 2.00. The predicted octanol–water partition coefficient (Wildman–Crippen LogP) is 4.79. The average molecular weight is 444 g/mol. The molecule has 3 heterocycles. The van der Waals surface area contributed by atoms with Crippen LogP contribution in [0.3, 0.4) is 0 Å². The second kappa shape index (κ2) is 8.73. The van der Waals surface area contributed by atoms with Gasteiger partial charge in [0, 0.05) is 23.1 Å². The molecule has 32 heavy (non-hydrogen) atoms. The summed E-state index contributed by atoms with van der Waals surface area (Å²) in [6.45, 7) is 2.05. The smallest absolute Gasteiger partial charge is 0.256 e. The van der Waals surface area contributed by atoms with Crippen molar-refractivity contribution in [2.24, 2.45) is 0 Å². The molecule has 0 saturated carbocycles. The van der Waals surface area contributed by atoms with Crippen molar-refractivity contribution in [2.75, 3.05) is 25.5 Å². The van der Waals surface area contributed by atoms with Gasteiger partial charge in [-0.1, -0.05) is 59.9 Å². The van der Waals surface area contributed by atoms with E-state index < -0.39 is 0 Å². The summed E-state index contributed by atoms with van der Waals surface area (Å²) < 4.78 is 1.71. The topological polar surface area (TPSA) is 54.3 Å². The number of carbonyl (C=O) groups excluding carboxylic acids is 1. The van der Waals surface area contributed by atoms with Crippen LogP contribution in [0.15, 0.2) is 77.6 Å². The molecule has 2 aromatic carbocycles. The van der Waals surface area contributed by atoms with Crippen molar-refractivity contribution >= 4 is 32.3 Å². The number of aromatic nitrogens is 1. The Balaban J connectivity index is 1.68. The molecule has 0 unspecified atom stereocenters. The van der Waals surface area contributed by atoms with E-state index in [1.807, 2.05) is 60.7 Å². The number of likely N-dealkylation sites (tertiary alicyclic amines) is 1. The van der Waals surface area contributed by atoms with Crippen LogP contribution in [0.5, 0.6) is 0 Å². The Hall–Kier alpha value is -3.22. The first kappa shape index (κ1) is 20.7. The largest absolute Gasteiger partial charge is 0.373 e. The number of thiophene rings is 1. The Morgan fingerprint density at radius 3 is 2.28 bits per heavy atom. The van der Waals surface area contributed by atoms with Crippen molar-refractivity contribution in [3.05, 3.63) is 94.3 Å². The van der Waals surface area contributed by atoms with Crippen molar-refractivity contribution < 1.29 is 4.79 Å². The van der Waals surface area contributed by atoms with Gasteiger partial charge in [0.25, 0.3) is 5.56 Å². The molecule has 0 radical (unpaired) electrons. The predicted molar refractivity (Wildman–Crippen MR) is 131 cm³/mol. The van der Waals surface area contributed by atoms with Gasteiger partial charge in [-0.2, -0.15) is 0 Å². The molecule has 2 aromatic heterocycles. The SMILES string of the molecule is CN1CCC(Nc2sc3c(ccc(=O)n3-c3ccccc3)c2C(=O)c2ccccc2)CC1. The molecule has 4 aromatic rings. The zero-order valence-corrected chi connectivity index (χ0v) is 18.8. The molecule has 1 aliphatic rings. The number of para-hydroxylation sites is 1. The third-order valence-electron chi connectivity index (χ3n) is 6.07. The quantitative estimate of drug-likeness (QED) is 0.451. The maximum atomic E-state index is 13.6. The number of hydrogen-bond acceptors (Lipinski definition) is 5. The zero-order valence-electron chi connectivity index (χ0n) is 18.0. The highest BCUT2D eigenvalue weighted by Crippen LogP contribution is 2.38. The number of ketones is 1. The summed E-state index contributed by atoms with van der Waals surface area (Å²) in [7, 11) is 2.14. The van der Waals surface area contributed by atoms with Crippen LogP contribution in [0, 0.1) is 0 Å². The molecule has 6 heteroatoms. The summed E-state index contributed by atoms with van der Waals surface area (Å²) in [5, 5.41) is 5.32. The summed E-state index contributed by atoms with van der Waals surface area (Å²) in [5.74, 6) is -0.0226. The third kappa shape index (κ3) is 3.87. The van der Waals surface area contributed by atoms with Crippen LogP contribution in [0.1, 0.15) is 28.8 Å². The molecular weight excluding hydrogens is 418 g/mol. The lowest BCUT2D eigenvalue weighted by Gasteiger charge is -2.30. The Labute approximate surface area is 190 Å². The summed E-state index contributed by atoms with van der Waals surface area (Å²) >= 11 is 1.49. The van der Waals surface area contributed by atoms with Crippen LogP contribution in [-0.4, -0.2) is 41.4 Å². The highest BCUT2D eigenvalue weighted by atomic mass is 32.1. The standard InChI is InChI=1S/C26H25N3O2S/c1-28-16-14-19(15-17-28)27-25-23(24(31)18-8-4-2-5-9-18)21-12-13-22(30)29(26(21)32-25)20-10-6-3-7-11-20/h2-13,19,27H,14-17H2,1H3.